The molecule has 1 saturated heterocycles. The molecule has 5 nitrogen and oxygen atoms in total. The molecule has 0 saturated carbocycles. The molecule has 1 unspecified atom stereocenters. The molecule has 0 aliphatic carbocycles. The van der Waals surface area contributed by atoms with E-state index >= 15 is 0 Å². The van der Waals surface area contributed by atoms with Gasteiger partial charge in [0.1, 0.15) is 0 Å². The van der Waals surface area contributed by atoms with Crippen LogP contribution in [0.2, 0.25) is 0 Å². The summed E-state index contributed by atoms with van der Waals surface area (Å²) < 4.78 is 0. The Morgan fingerprint density at radius 1 is 1.57 bits per heavy atom. The second kappa shape index (κ2) is 5.17. The summed E-state index contributed by atoms with van der Waals surface area (Å²) in [4.78, 5) is 8.57. The predicted molar refractivity (Wildman–Crippen MR) is 59.0 cm³/mol. The molecular weight excluding hydrogens is 178 g/mol. The molecule has 1 aliphatic rings. The number of likely N-dealkylation sites (N-methyl/N-ethyl adjacent to an activating group) is 1. The van der Waals surface area contributed by atoms with Crippen molar-refractivity contribution in [3.63, 3.8) is 0 Å². The molecular formula is C9H21N5. The van der Waals surface area contributed by atoms with Gasteiger partial charge in [0.15, 0.2) is 0 Å². The summed E-state index contributed by atoms with van der Waals surface area (Å²) in [5.41, 5.74) is 2.64. The van der Waals surface area contributed by atoms with Crippen LogP contribution in [-0.2, 0) is 0 Å². The quantitative estimate of drug-likeness (QED) is 0.258. The summed E-state index contributed by atoms with van der Waals surface area (Å²) in [5, 5.41) is 0. The third-order valence-electron chi connectivity index (χ3n) is 2.77. The van der Waals surface area contributed by atoms with Crippen molar-refractivity contribution < 1.29 is 0 Å². The normalized spacial score (nSPS) is 24.2. The summed E-state index contributed by atoms with van der Waals surface area (Å²) in [6.45, 7) is 2.05. The molecule has 0 aromatic heterocycles. The van der Waals surface area contributed by atoms with Gasteiger partial charge in [-0.25, -0.2) is 5.84 Å². The highest BCUT2D eigenvalue weighted by atomic mass is 15.4. The van der Waals surface area contributed by atoms with Crippen molar-refractivity contribution >= 4 is 5.96 Å². The van der Waals surface area contributed by atoms with E-state index in [2.05, 4.69) is 34.3 Å². The lowest BCUT2D eigenvalue weighted by atomic mass is 10.1. The van der Waals surface area contributed by atoms with E-state index in [9.17, 15) is 0 Å². The van der Waals surface area contributed by atoms with Crippen LogP contribution in [0.4, 0.5) is 0 Å². The summed E-state index contributed by atoms with van der Waals surface area (Å²) in [6.07, 6.45) is 2.45. The minimum Gasteiger partial charge on any atom is -0.340 e. The van der Waals surface area contributed by atoms with Crippen molar-refractivity contribution in [3.8, 4) is 0 Å². The fraction of sp³-hybridized carbons (Fsp3) is 0.889. The van der Waals surface area contributed by atoms with Crippen LogP contribution in [-0.4, -0.2) is 56.0 Å². The van der Waals surface area contributed by atoms with E-state index < -0.39 is 0 Å². The zero-order valence-electron chi connectivity index (χ0n) is 9.32. The number of hydrogen-bond donors (Lipinski definition) is 2. The monoisotopic (exact) mass is 199 g/mol. The fourth-order valence-electron chi connectivity index (χ4n) is 1.87. The number of nitrogens with zero attached hydrogens (tertiary/aromatic N) is 3. The van der Waals surface area contributed by atoms with Gasteiger partial charge in [0.05, 0.1) is 0 Å². The molecule has 1 rings (SSSR count). The number of likely N-dealkylation sites (tertiary alicyclic amines) is 1. The van der Waals surface area contributed by atoms with E-state index in [1.54, 1.807) is 7.05 Å². The topological polar surface area (TPSA) is 56.9 Å². The van der Waals surface area contributed by atoms with Crippen molar-refractivity contribution in [2.24, 2.45) is 10.8 Å². The average Bonchev–Trinajstić information content (AvgIpc) is 2.20. The number of piperidine rings is 1. The highest BCUT2D eigenvalue weighted by Gasteiger charge is 2.22. The Morgan fingerprint density at radius 3 is 2.79 bits per heavy atom. The van der Waals surface area contributed by atoms with Crippen LogP contribution in [0.5, 0.6) is 0 Å². The molecule has 0 aromatic rings. The molecule has 0 radical (unpaired) electrons. The lowest BCUT2D eigenvalue weighted by molar-refractivity contribution is 0.181. The zero-order valence-corrected chi connectivity index (χ0v) is 9.32. The van der Waals surface area contributed by atoms with Gasteiger partial charge >= 0.3 is 0 Å². The van der Waals surface area contributed by atoms with Gasteiger partial charge in [-0.3, -0.25) is 10.4 Å². The number of nitrogens with two attached hydrogens (primary N) is 1. The molecule has 0 amide bonds. The Morgan fingerprint density at radius 2 is 2.29 bits per heavy atom. The van der Waals surface area contributed by atoms with Gasteiger partial charge in [-0.1, -0.05) is 0 Å². The molecule has 1 aliphatic heterocycles. The largest absolute Gasteiger partial charge is 0.340 e. The van der Waals surface area contributed by atoms with E-state index in [0.717, 1.165) is 19.0 Å². The van der Waals surface area contributed by atoms with Crippen molar-refractivity contribution in [1.82, 2.24) is 15.2 Å². The molecule has 1 heterocycles. The Balaban J connectivity index is 2.55. The number of nitrogens with one attached hydrogen (secondary N) is 1. The molecule has 0 spiro atoms. The lowest BCUT2D eigenvalue weighted by Gasteiger charge is -2.37. The lowest BCUT2D eigenvalue weighted by Crippen LogP contribution is -2.52. The van der Waals surface area contributed by atoms with Gasteiger partial charge in [-0.05, 0) is 26.9 Å². The third kappa shape index (κ3) is 2.59. The standard InChI is InChI=1S/C9H21N5/c1-11-9(12-10)14-6-4-5-8(7-14)13(2)3/h8H,4-7,10H2,1-3H3,(H,11,12). The van der Waals surface area contributed by atoms with Crippen LogP contribution in [0.3, 0.4) is 0 Å². The van der Waals surface area contributed by atoms with Crippen LogP contribution in [0.1, 0.15) is 12.8 Å². The summed E-state index contributed by atoms with van der Waals surface area (Å²) in [6, 6.07) is 0.605. The van der Waals surface area contributed by atoms with Crippen LogP contribution in [0.25, 0.3) is 0 Å². The van der Waals surface area contributed by atoms with Crippen molar-refractivity contribution in [1.29, 1.82) is 0 Å². The maximum atomic E-state index is 5.40. The van der Waals surface area contributed by atoms with Crippen LogP contribution in [0.15, 0.2) is 4.99 Å². The van der Waals surface area contributed by atoms with Crippen LogP contribution in [0, 0.1) is 0 Å². The highest BCUT2D eigenvalue weighted by molar-refractivity contribution is 5.79. The number of hydrogen-bond acceptors (Lipinski definition) is 3. The first kappa shape index (κ1) is 11.3. The first-order valence-electron chi connectivity index (χ1n) is 5.03. The molecule has 14 heavy (non-hydrogen) atoms. The Hall–Kier alpha value is -0.810. The molecule has 82 valence electrons. The number of guanidine groups is 1. The predicted octanol–water partition coefficient (Wildman–Crippen LogP) is -0.538. The smallest absolute Gasteiger partial charge is 0.208 e. The first-order valence-corrected chi connectivity index (χ1v) is 5.03. The number of rotatable bonds is 1. The van der Waals surface area contributed by atoms with Crippen molar-refractivity contribution in [2.45, 2.75) is 18.9 Å². The maximum absolute atomic E-state index is 5.40. The van der Waals surface area contributed by atoms with Crippen molar-refractivity contribution in [2.75, 3.05) is 34.2 Å². The fourth-order valence-corrected chi connectivity index (χ4v) is 1.87. The summed E-state index contributed by atoms with van der Waals surface area (Å²) >= 11 is 0. The van der Waals surface area contributed by atoms with Crippen LogP contribution >= 0.6 is 0 Å². The van der Waals surface area contributed by atoms with Gasteiger partial charge in [0, 0.05) is 26.2 Å². The second-order valence-electron chi connectivity index (χ2n) is 3.90. The zero-order chi connectivity index (χ0) is 10.6. The van der Waals surface area contributed by atoms with Crippen molar-refractivity contribution in [3.05, 3.63) is 0 Å². The number of aliphatic imine (C=N–C) groups is 1. The van der Waals surface area contributed by atoms with E-state index in [1.165, 1.54) is 12.8 Å². The van der Waals surface area contributed by atoms with E-state index in [0.29, 0.717) is 6.04 Å². The summed E-state index contributed by atoms with van der Waals surface area (Å²) in [5.74, 6) is 6.19. The third-order valence-corrected chi connectivity index (χ3v) is 2.77. The molecule has 0 bridgehead atoms. The van der Waals surface area contributed by atoms with E-state index in [4.69, 9.17) is 5.84 Å². The Kier molecular flexibility index (Phi) is 4.16. The van der Waals surface area contributed by atoms with Gasteiger partial charge in [0.2, 0.25) is 5.96 Å². The van der Waals surface area contributed by atoms with Gasteiger partial charge in [-0.2, -0.15) is 0 Å². The minimum atomic E-state index is 0.605. The second-order valence-corrected chi connectivity index (χ2v) is 3.90. The van der Waals surface area contributed by atoms with E-state index in [1.807, 2.05) is 0 Å². The minimum absolute atomic E-state index is 0.605. The van der Waals surface area contributed by atoms with E-state index in [-0.39, 0.29) is 0 Å². The van der Waals surface area contributed by atoms with Gasteiger partial charge < -0.3 is 9.80 Å². The molecule has 1 fully saturated rings. The van der Waals surface area contributed by atoms with Crippen LogP contribution < -0.4 is 11.3 Å². The molecule has 3 N–H and O–H groups in total. The molecule has 5 heteroatoms. The first-order chi connectivity index (χ1) is 6.69. The SMILES string of the molecule is CN=C(NN)N1CCCC(N(C)C)C1. The molecule has 1 atom stereocenters. The molecule has 0 aromatic carbocycles. The summed E-state index contributed by atoms with van der Waals surface area (Å²) in [7, 11) is 5.99. The van der Waals surface area contributed by atoms with Gasteiger partial charge in [-0.15, -0.1) is 0 Å². The average molecular weight is 199 g/mol. The van der Waals surface area contributed by atoms with Gasteiger partial charge in [0.25, 0.3) is 0 Å². The Bertz CT molecular complexity index is 201. The number of hydrazine groups is 1. The highest BCUT2D eigenvalue weighted by Crippen LogP contribution is 2.13. The Labute approximate surface area is 85.9 Å². The maximum Gasteiger partial charge on any atom is 0.208 e.